The Balaban J connectivity index is 2.10. The standard InChI is InChI=1S/C13H22N2OS/c1-10-11(2)15(8-9-16-3)13(14-10)17-12-6-4-5-7-12/h12H,4-9H2,1-3H3. The topological polar surface area (TPSA) is 27.1 Å². The second-order valence-corrected chi connectivity index (χ2v) is 6.00. The molecule has 0 N–H and O–H groups in total. The summed E-state index contributed by atoms with van der Waals surface area (Å²) >= 11 is 1.96. The second kappa shape index (κ2) is 5.91. The van der Waals surface area contributed by atoms with Crippen molar-refractivity contribution in [2.45, 2.75) is 56.5 Å². The Labute approximate surface area is 108 Å². The van der Waals surface area contributed by atoms with Crippen molar-refractivity contribution >= 4 is 11.8 Å². The highest BCUT2D eigenvalue weighted by atomic mass is 32.2. The van der Waals surface area contributed by atoms with Crippen LogP contribution >= 0.6 is 11.8 Å². The van der Waals surface area contributed by atoms with E-state index in [1.165, 1.54) is 36.5 Å². The second-order valence-electron chi connectivity index (χ2n) is 4.73. The lowest BCUT2D eigenvalue weighted by molar-refractivity contribution is 0.184. The molecule has 1 aliphatic rings. The average molecular weight is 254 g/mol. The van der Waals surface area contributed by atoms with Crippen molar-refractivity contribution in [1.29, 1.82) is 0 Å². The van der Waals surface area contributed by atoms with Gasteiger partial charge in [0.2, 0.25) is 0 Å². The summed E-state index contributed by atoms with van der Waals surface area (Å²) in [5.74, 6) is 0. The molecule has 17 heavy (non-hydrogen) atoms. The Morgan fingerprint density at radius 2 is 2.06 bits per heavy atom. The van der Waals surface area contributed by atoms with Crippen molar-refractivity contribution in [1.82, 2.24) is 9.55 Å². The first-order valence-electron chi connectivity index (χ1n) is 6.41. The van der Waals surface area contributed by atoms with E-state index in [-0.39, 0.29) is 0 Å². The number of aryl methyl sites for hydroxylation is 1. The third kappa shape index (κ3) is 3.05. The highest BCUT2D eigenvalue weighted by Crippen LogP contribution is 2.34. The molecule has 2 rings (SSSR count). The molecule has 0 saturated heterocycles. The summed E-state index contributed by atoms with van der Waals surface area (Å²) < 4.78 is 7.48. The molecule has 0 radical (unpaired) electrons. The van der Waals surface area contributed by atoms with Crippen molar-refractivity contribution in [2.24, 2.45) is 0 Å². The van der Waals surface area contributed by atoms with Crippen LogP contribution in [-0.2, 0) is 11.3 Å². The summed E-state index contributed by atoms with van der Waals surface area (Å²) in [7, 11) is 1.75. The molecule has 1 saturated carbocycles. The number of hydrogen-bond acceptors (Lipinski definition) is 3. The molecule has 0 atom stereocenters. The first-order valence-corrected chi connectivity index (χ1v) is 7.29. The third-order valence-electron chi connectivity index (χ3n) is 3.52. The van der Waals surface area contributed by atoms with Gasteiger partial charge in [0.05, 0.1) is 12.3 Å². The maximum Gasteiger partial charge on any atom is 0.168 e. The van der Waals surface area contributed by atoms with Crippen molar-refractivity contribution < 1.29 is 4.74 Å². The minimum absolute atomic E-state index is 0.759. The van der Waals surface area contributed by atoms with Crippen LogP contribution in [0, 0.1) is 13.8 Å². The number of hydrogen-bond donors (Lipinski definition) is 0. The van der Waals surface area contributed by atoms with Crippen LogP contribution in [0.3, 0.4) is 0 Å². The van der Waals surface area contributed by atoms with Crippen molar-refractivity contribution in [3.63, 3.8) is 0 Å². The van der Waals surface area contributed by atoms with E-state index in [1.54, 1.807) is 7.11 Å². The van der Waals surface area contributed by atoms with Crippen LogP contribution in [-0.4, -0.2) is 28.5 Å². The van der Waals surface area contributed by atoms with Gasteiger partial charge >= 0.3 is 0 Å². The fourth-order valence-electron chi connectivity index (χ4n) is 2.31. The van der Waals surface area contributed by atoms with Gasteiger partial charge in [-0.25, -0.2) is 4.98 Å². The predicted molar refractivity (Wildman–Crippen MR) is 71.7 cm³/mol. The van der Waals surface area contributed by atoms with Gasteiger partial charge in [-0.15, -0.1) is 0 Å². The molecular formula is C13H22N2OS. The van der Waals surface area contributed by atoms with Crippen LogP contribution in [0.5, 0.6) is 0 Å². The van der Waals surface area contributed by atoms with Crippen molar-refractivity contribution in [3.05, 3.63) is 11.4 Å². The van der Waals surface area contributed by atoms with Gasteiger partial charge in [-0.05, 0) is 26.7 Å². The van der Waals surface area contributed by atoms with Gasteiger partial charge in [-0.1, -0.05) is 24.6 Å². The summed E-state index contributed by atoms with van der Waals surface area (Å²) in [6.07, 6.45) is 5.46. The molecule has 0 bridgehead atoms. The highest BCUT2D eigenvalue weighted by molar-refractivity contribution is 7.99. The van der Waals surface area contributed by atoms with Gasteiger partial charge in [0.15, 0.2) is 5.16 Å². The lowest BCUT2D eigenvalue weighted by Crippen LogP contribution is -2.08. The molecule has 1 heterocycles. The molecule has 3 nitrogen and oxygen atoms in total. The van der Waals surface area contributed by atoms with E-state index in [4.69, 9.17) is 9.72 Å². The van der Waals surface area contributed by atoms with E-state index in [9.17, 15) is 0 Å². The van der Waals surface area contributed by atoms with E-state index in [1.807, 2.05) is 11.8 Å². The van der Waals surface area contributed by atoms with E-state index in [0.29, 0.717) is 0 Å². The molecule has 1 fully saturated rings. The maximum atomic E-state index is 5.18. The van der Waals surface area contributed by atoms with Crippen molar-refractivity contribution in [2.75, 3.05) is 13.7 Å². The van der Waals surface area contributed by atoms with Crippen LogP contribution in [0.2, 0.25) is 0 Å². The molecule has 4 heteroatoms. The first-order chi connectivity index (χ1) is 8.22. The normalized spacial score (nSPS) is 16.9. The van der Waals surface area contributed by atoms with Crippen LogP contribution in [0.1, 0.15) is 37.1 Å². The highest BCUT2D eigenvalue weighted by Gasteiger charge is 2.20. The zero-order valence-electron chi connectivity index (χ0n) is 11.0. The van der Waals surface area contributed by atoms with Gasteiger partial charge in [0.1, 0.15) is 0 Å². The molecular weight excluding hydrogens is 232 g/mol. The van der Waals surface area contributed by atoms with Gasteiger partial charge < -0.3 is 9.30 Å². The third-order valence-corrected chi connectivity index (χ3v) is 4.84. The SMILES string of the molecule is COCCn1c(SC2CCCC2)nc(C)c1C. The summed E-state index contributed by atoms with van der Waals surface area (Å²) in [4.78, 5) is 4.70. The molecule has 0 amide bonds. The molecule has 0 aromatic carbocycles. The monoisotopic (exact) mass is 254 g/mol. The van der Waals surface area contributed by atoms with E-state index in [0.717, 1.165) is 24.1 Å². The molecule has 0 spiro atoms. The number of ether oxygens (including phenoxy) is 1. The predicted octanol–water partition coefficient (Wildman–Crippen LogP) is 3.18. The van der Waals surface area contributed by atoms with E-state index in [2.05, 4.69) is 18.4 Å². The minimum atomic E-state index is 0.759. The number of thioether (sulfide) groups is 1. The molecule has 96 valence electrons. The number of aromatic nitrogens is 2. The largest absolute Gasteiger partial charge is 0.383 e. The molecule has 1 aromatic heterocycles. The van der Waals surface area contributed by atoms with Crippen LogP contribution in [0.4, 0.5) is 0 Å². The first kappa shape index (κ1) is 13.0. The number of imidazole rings is 1. The van der Waals surface area contributed by atoms with Crippen LogP contribution < -0.4 is 0 Å². The Kier molecular flexibility index (Phi) is 4.51. The minimum Gasteiger partial charge on any atom is -0.383 e. The zero-order chi connectivity index (χ0) is 12.3. The Morgan fingerprint density at radius 3 is 2.71 bits per heavy atom. The summed E-state index contributed by atoms with van der Waals surface area (Å²) in [6, 6.07) is 0. The molecule has 0 aliphatic heterocycles. The lowest BCUT2D eigenvalue weighted by Gasteiger charge is -2.12. The Bertz CT molecular complexity index is 370. The Morgan fingerprint density at radius 1 is 1.35 bits per heavy atom. The number of methoxy groups -OCH3 is 1. The molecule has 0 unspecified atom stereocenters. The zero-order valence-corrected chi connectivity index (χ0v) is 11.8. The van der Waals surface area contributed by atoms with Crippen molar-refractivity contribution in [3.8, 4) is 0 Å². The van der Waals surface area contributed by atoms with E-state index < -0.39 is 0 Å². The number of rotatable bonds is 5. The van der Waals surface area contributed by atoms with Crippen LogP contribution in [0.15, 0.2) is 5.16 Å². The van der Waals surface area contributed by atoms with Gasteiger partial charge in [-0.3, -0.25) is 0 Å². The summed E-state index contributed by atoms with van der Waals surface area (Å²) in [5.41, 5.74) is 2.43. The summed E-state index contributed by atoms with van der Waals surface area (Å²) in [5, 5.41) is 1.96. The average Bonchev–Trinajstić information content (AvgIpc) is 2.89. The maximum absolute atomic E-state index is 5.18. The van der Waals surface area contributed by atoms with Gasteiger partial charge in [-0.2, -0.15) is 0 Å². The smallest absolute Gasteiger partial charge is 0.168 e. The summed E-state index contributed by atoms with van der Waals surface area (Å²) in [6.45, 7) is 5.92. The van der Waals surface area contributed by atoms with E-state index >= 15 is 0 Å². The Hall–Kier alpha value is -0.480. The fraction of sp³-hybridized carbons (Fsp3) is 0.769. The molecule has 1 aromatic rings. The quantitative estimate of drug-likeness (QED) is 0.807. The lowest BCUT2D eigenvalue weighted by atomic mass is 10.4. The van der Waals surface area contributed by atoms with Crippen LogP contribution in [0.25, 0.3) is 0 Å². The van der Waals surface area contributed by atoms with Gasteiger partial charge in [0.25, 0.3) is 0 Å². The molecule has 1 aliphatic carbocycles. The fourth-order valence-corrected chi connectivity index (χ4v) is 3.73. The number of nitrogens with zero attached hydrogens (tertiary/aromatic N) is 2. The van der Waals surface area contributed by atoms with Gasteiger partial charge in [0, 0.05) is 24.6 Å².